The van der Waals surface area contributed by atoms with E-state index in [1.54, 1.807) is 11.4 Å². The van der Waals surface area contributed by atoms with Gasteiger partial charge >= 0.3 is 0 Å². The molecule has 1 aromatic heterocycles. The number of primary amides is 1. The molecule has 0 bridgehead atoms. The van der Waals surface area contributed by atoms with Crippen molar-refractivity contribution in [3.05, 3.63) is 17.0 Å². The van der Waals surface area contributed by atoms with E-state index in [-0.39, 0.29) is 11.8 Å². The first-order valence-electron chi connectivity index (χ1n) is 5.41. The van der Waals surface area contributed by atoms with Gasteiger partial charge in [-0.15, -0.1) is 11.3 Å². The lowest BCUT2D eigenvalue weighted by molar-refractivity contribution is -0.118. The highest BCUT2D eigenvalue weighted by atomic mass is 32.1. The minimum absolute atomic E-state index is 0.0898. The molecule has 0 aliphatic carbocycles. The lowest BCUT2D eigenvalue weighted by Gasteiger charge is -2.17. The second kappa shape index (κ2) is 5.79. The van der Waals surface area contributed by atoms with Gasteiger partial charge in [0.1, 0.15) is 5.00 Å². The number of hydrogen-bond acceptors (Lipinski definition) is 4. The topological polar surface area (TPSA) is 98.2 Å². The molecule has 0 aliphatic rings. The number of carbonyl (C=O) groups excluding carboxylic acids is 2. The predicted molar refractivity (Wildman–Crippen MR) is 68.9 cm³/mol. The molecular weight excluding hydrogens is 238 g/mol. The van der Waals surface area contributed by atoms with Gasteiger partial charge in [0, 0.05) is 0 Å². The maximum atomic E-state index is 11.8. The molecular formula is C11H17N3O2S. The van der Waals surface area contributed by atoms with Crippen molar-refractivity contribution in [2.24, 2.45) is 17.4 Å². The van der Waals surface area contributed by atoms with Crippen LogP contribution in [0.3, 0.4) is 0 Å². The van der Waals surface area contributed by atoms with E-state index in [1.165, 1.54) is 11.3 Å². The largest absolute Gasteiger partial charge is 0.366 e. The zero-order valence-electron chi connectivity index (χ0n) is 9.90. The van der Waals surface area contributed by atoms with Crippen LogP contribution in [0.5, 0.6) is 0 Å². The van der Waals surface area contributed by atoms with E-state index in [2.05, 4.69) is 5.32 Å². The van der Waals surface area contributed by atoms with Gasteiger partial charge in [-0.1, -0.05) is 20.3 Å². The van der Waals surface area contributed by atoms with E-state index in [0.717, 1.165) is 6.42 Å². The fraction of sp³-hybridized carbons (Fsp3) is 0.455. The van der Waals surface area contributed by atoms with Crippen molar-refractivity contribution in [2.45, 2.75) is 26.3 Å². The molecule has 1 rings (SSSR count). The van der Waals surface area contributed by atoms with Crippen LogP contribution in [-0.2, 0) is 4.79 Å². The molecule has 0 spiro atoms. The minimum Gasteiger partial charge on any atom is -0.366 e. The van der Waals surface area contributed by atoms with Gasteiger partial charge in [0.25, 0.3) is 5.91 Å². The number of carbonyl (C=O) groups is 2. The van der Waals surface area contributed by atoms with Gasteiger partial charge in [-0.2, -0.15) is 0 Å². The maximum absolute atomic E-state index is 11.8. The summed E-state index contributed by atoms with van der Waals surface area (Å²) in [4.78, 5) is 22.9. The summed E-state index contributed by atoms with van der Waals surface area (Å²) in [5, 5.41) is 4.80. The van der Waals surface area contributed by atoms with Crippen LogP contribution in [0.4, 0.5) is 5.00 Å². The summed E-state index contributed by atoms with van der Waals surface area (Å²) in [6, 6.07) is 1.00. The van der Waals surface area contributed by atoms with Gasteiger partial charge < -0.3 is 16.8 Å². The minimum atomic E-state index is -0.581. The molecule has 5 nitrogen and oxygen atoms in total. The highest BCUT2D eigenvalue weighted by Crippen LogP contribution is 2.23. The van der Waals surface area contributed by atoms with Crippen molar-refractivity contribution >= 4 is 28.2 Å². The Morgan fingerprint density at radius 3 is 2.71 bits per heavy atom. The molecule has 6 heteroatoms. The number of rotatable bonds is 5. The van der Waals surface area contributed by atoms with E-state index in [9.17, 15) is 9.59 Å². The molecule has 1 aromatic rings. The van der Waals surface area contributed by atoms with Gasteiger partial charge in [0.2, 0.25) is 5.91 Å². The average molecular weight is 255 g/mol. The van der Waals surface area contributed by atoms with E-state index in [1.807, 2.05) is 13.8 Å². The molecule has 2 atom stereocenters. The first-order valence-corrected chi connectivity index (χ1v) is 6.29. The van der Waals surface area contributed by atoms with Gasteiger partial charge in [-0.3, -0.25) is 9.59 Å². The molecule has 0 saturated heterocycles. The fourth-order valence-corrected chi connectivity index (χ4v) is 2.10. The highest BCUT2D eigenvalue weighted by molar-refractivity contribution is 7.14. The van der Waals surface area contributed by atoms with Crippen LogP contribution in [0.1, 0.15) is 30.6 Å². The van der Waals surface area contributed by atoms with Crippen molar-refractivity contribution in [2.75, 3.05) is 5.32 Å². The smallest absolute Gasteiger partial charge is 0.251 e. The van der Waals surface area contributed by atoms with Crippen molar-refractivity contribution < 1.29 is 9.59 Å². The number of amides is 2. The molecule has 0 radical (unpaired) electrons. The number of nitrogens with two attached hydrogens (primary N) is 2. The molecule has 1 unspecified atom stereocenters. The van der Waals surface area contributed by atoms with Gasteiger partial charge in [-0.05, 0) is 17.4 Å². The quantitative estimate of drug-likeness (QED) is 0.736. The van der Waals surface area contributed by atoms with Crippen LogP contribution in [0.15, 0.2) is 11.4 Å². The third-order valence-corrected chi connectivity index (χ3v) is 3.56. The first-order chi connectivity index (χ1) is 7.97. The van der Waals surface area contributed by atoms with Crippen molar-refractivity contribution in [3.8, 4) is 0 Å². The molecule has 17 heavy (non-hydrogen) atoms. The SMILES string of the molecule is CCC(C)[C@H](N)C(=O)Nc1sccc1C(N)=O. The summed E-state index contributed by atoms with van der Waals surface area (Å²) in [5.74, 6) is -0.755. The van der Waals surface area contributed by atoms with Crippen LogP contribution in [-0.4, -0.2) is 17.9 Å². The van der Waals surface area contributed by atoms with E-state index >= 15 is 0 Å². The van der Waals surface area contributed by atoms with Crippen LogP contribution in [0.2, 0.25) is 0 Å². The fourth-order valence-electron chi connectivity index (χ4n) is 1.31. The number of hydrogen-bond donors (Lipinski definition) is 3. The van der Waals surface area contributed by atoms with Crippen molar-refractivity contribution in [1.82, 2.24) is 0 Å². The number of nitrogens with one attached hydrogen (secondary N) is 1. The zero-order valence-corrected chi connectivity index (χ0v) is 10.7. The van der Waals surface area contributed by atoms with Gasteiger partial charge in [0.15, 0.2) is 0 Å². The Bertz CT molecular complexity index is 417. The summed E-state index contributed by atoms with van der Waals surface area (Å²) in [6.45, 7) is 3.88. The Kier molecular flexibility index (Phi) is 4.65. The molecule has 0 aliphatic heterocycles. The maximum Gasteiger partial charge on any atom is 0.251 e. The molecule has 5 N–H and O–H groups in total. The van der Waals surface area contributed by atoms with Crippen LogP contribution in [0.25, 0.3) is 0 Å². The van der Waals surface area contributed by atoms with E-state index in [0.29, 0.717) is 10.6 Å². The Morgan fingerprint density at radius 2 is 2.18 bits per heavy atom. The Labute approximate surface area is 104 Å². The third-order valence-electron chi connectivity index (χ3n) is 2.73. The number of anilines is 1. The third kappa shape index (κ3) is 3.28. The summed E-state index contributed by atoms with van der Waals surface area (Å²) < 4.78 is 0. The second-order valence-electron chi connectivity index (χ2n) is 3.93. The molecule has 1 heterocycles. The summed E-state index contributed by atoms with van der Waals surface area (Å²) in [5.41, 5.74) is 11.3. The van der Waals surface area contributed by atoms with Gasteiger partial charge in [-0.25, -0.2) is 0 Å². The predicted octanol–water partition coefficient (Wildman–Crippen LogP) is 1.16. The summed E-state index contributed by atoms with van der Waals surface area (Å²) in [7, 11) is 0. The van der Waals surface area contributed by atoms with E-state index < -0.39 is 11.9 Å². The van der Waals surface area contributed by atoms with Crippen molar-refractivity contribution in [1.29, 1.82) is 0 Å². The summed E-state index contributed by atoms with van der Waals surface area (Å²) >= 11 is 1.25. The number of thiophene rings is 1. The molecule has 0 saturated carbocycles. The highest BCUT2D eigenvalue weighted by Gasteiger charge is 2.21. The lowest BCUT2D eigenvalue weighted by Crippen LogP contribution is -2.40. The molecule has 94 valence electrons. The monoisotopic (exact) mass is 255 g/mol. The summed E-state index contributed by atoms with van der Waals surface area (Å²) in [6.07, 6.45) is 0.821. The molecule has 2 amide bonds. The van der Waals surface area contributed by atoms with Crippen LogP contribution >= 0.6 is 11.3 Å². The Hall–Kier alpha value is -1.40. The first kappa shape index (κ1) is 13.7. The zero-order chi connectivity index (χ0) is 13.0. The standard InChI is InChI=1S/C11H17N3O2S/c1-3-6(2)8(12)10(16)14-11-7(9(13)15)4-5-17-11/h4-6,8H,3,12H2,1-2H3,(H2,13,15)(H,14,16)/t6?,8-/m0/s1. The molecule has 0 aromatic carbocycles. The van der Waals surface area contributed by atoms with E-state index in [4.69, 9.17) is 11.5 Å². The average Bonchev–Trinajstić information content (AvgIpc) is 2.75. The van der Waals surface area contributed by atoms with Crippen molar-refractivity contribution in [3.63, 3.8) is 0 Å². The lowest BCUT2D eigenvalue weighted by atomic mass is 9.99. The van der Waals surface area contributed by atoms with Crippen LogP contribution in [0, 0.1) is 5.92 Å². The molecule has 0 fully saturated rings. The van der Waals surface area contributed by atoms with Gasteiger partial charge in [0.05, 0.1) is 11.6 Å². The Balaban J connectivity index is 2.74. The van der Waals surface area contributed by atoms with Crippen LogP contribution < -0.4 is 16.8 Å². The second-order valence-corrected chi connectivity index (χ2v) is 4.84. The Morgan fingerprint density at radius 1 is 1.53 bits per heavy atom. The normalized spacial score (nSPS) is 14.1.